The van der Waals surface area contributed by atoms with Gasteiger partial charge in [0.1, 0.15) is 5.54 Å². The summed E-state index contributed by atoms with van der Waals surface area (Å²) >= 11 is 1.32. The maximum absolute atomic E-state index is 12.5. The second-order valence-corrected chi connectivity index (χ2v) is 6.82. The predicted octanol–water partition coefficient (Wildman–Crippen LogP) is 3.05. The van der Waals surface area contributed by atoms with Crippen LogP contribution in [0.1, 0.15) is 54.3 Å². The van der Waals surface area contributed by atoms with E-state index in [0.29, 0.717) is 30.2 Å². The van der Waals surface area contributed by atoms with Crippen molar-refractivity contribution in [1.82, 2.24) is 5.32 Å². The summed E-state index contributed by atoms with van der Waals surface area (Å²) < 4.78 is 5.08. The first-order valence-corrected chi connectivity index (χ1v) is 8.51. The number of amides is 1. The van der Waals surface area contributed by atoms with Crippen LogP contribution in [0.5, 0.6) is 0 Å². The summed E-state index contributed by atoms with van der Waals surface area (Å²) in [5.74, 6) is -0.671. The molecule has 0 aromatic carbocycles. The lowest BCUT2D eigenvalue weighted by Gasteiger charge is -2.37. The number of carboxylic acids is 1. The summed E-state index contributed by atoms with van der Waals surface area (Å²) in [4.78, 5) is 24.8. The van der Waals surface area contributed by atoms with E-state index in [4.69, 9.17) is 4.74 Å². The van der Waals surface area contributed by atoms with Gasteiger partial charge in [-0.05, 0) is 43.0 Å². The lowest BCUT2D eigenvalue weighted by Crippen LogP contribution is -2.56. The van der Waals surface area contributed by atoms with Gasteiger partial charge in [0.15, 0.2) is 0 Å². The van der Waals surface area contributed by atoms with E-state index in [-0.39, 0.29) is 5.91 Å². The summed E-state index contributed by atoms with van der Waals surface area (Å²) in [6.07, 6.45) is 3.75. The van der Waals surface area contributed by atoms with Gasteiger partial charge in [-0.3, -0.25) is 4.79 Å². The van der Waals surface area contributed by atoms with Gasteiger partial charge in [0.25, 0.3) is 5.91 Å². The Balaban J connectivity index is 2.13. The largest absolute Gasteiger partial charge is 0.480 e. The molecule has 1 fully saturated rings. The van der Waals surface area contributed by atoms with Crippen LogP contribution in [-0.2, 0) is 16.1 Å². The van der Waals surface area contributed by atoms with Gasteiger partial charge < -0.3 is 15.2 Å². The molecule has 1 aliphatic carbocycles. The van der Waals surface area contributed by atoms with Crippen molar-refractivity contribution in [3.8, 4) is 0 Å². The van der Waals surface area contributed by atoms with Crippen molar-refractivity contribution in [2.45, 2.75) is 51.2 Å². The molecule has 0 bridgehead atoms. The number of thiophene rings is 1. The summed E-state index contributed by atoms with van der Waals surface area (Å²) in [5, 5.41) is 14.2. The minimum atomic E-state index is -1.13. The highest BCUT2D eigenvalue weighted by Gasteiger charge is 2.43. The standard InChI is InChI=1S/C16H23NO4S/c1-3-11-4-7-16(8-5-11,15(19)20)17-14(18)13-12(10-21-2)6-9-22-13/h6,9,11H,3-5,7-8,10H2,1-2H3,(H,17,18)(H,19,20). The molecule has 1 aromatic rings. The molecule has 0 aliphatic heterocycles. The first kappa shape index (κ1) is 17.0. The van der Waals surface area contributed by atoms with E-state index in [1.54, 1.807) is 7.11 Å². The number of hydrogen-bond acceptors (Lipinski definition) is 4. The third-order valence-corrected chi connectivity index (χ3v) is 5.51. The van der Waals surface area contributed by atoms with E-state index < -0.39 is 11.5 Å². The zero-order chi connectivity index (χ0) is 16.2. The second kappa shape index (κ2) is 7.24. The lowest BCUT2D eigenvalue weighted by molar-refractivity contribution is -0.146. The molecule has 1 saturated carbocycles. The van der Waals surface area contributed by atoms with E-state index in [0.717, 1.165) is 24.8 Å². The van der Waals surface area contributed by atoms with Gasteiger partial charge in [-0.15, -0.1) is 11.3 Å². The normalized spacial score (nSPS) is 24.9. The topological polar surface area (TPSA) is 75.6 Å². The summed E-state index contributed by atoms with van der Waals surface area (Å²) in [7, 11) is 1.57. The van der Waals surface area contributed by atoms with Crippen LogP contribution in [0, 0.1) is 5.92 Å². The molecule has 0 spiro atoms. The Morgan fingerprint density at radius 2 is 2.14 bits per heavy atom. The third-order valence-electron chi connectivity index (χ3n) is 4.55. The molecule has 0 saturated heterocycles. The zero-order valence-corrected chi connectivity index (χ0v) is 13.9. The molecule has 0 unspecified atom stereocenters. The van der Waals surface area contributed by atoms with Crippen LogP contribution < -0.4 is 5.32 Å². The van der Waals surface area contributed by atoms with Gasteiger partial charge in [0.05, 0.1) is 11.5 Å². The Bertz CT molecular complexity index is 532. The maximum atomic E-state index is 12.5. The SMILES string of the molecule is CCC1CCC(NC(=O)c2sccc2COC)(C(=O)O)CC1. The number of hydrogen-bond donors (Lipinski definition) is 2. The summed E-state index contributed by atoms with van der Waals surface area (Å²) in [6.45, 7) is 2.48. The molecule has 1 aromatic heterocycles. The highest BCUT2D eigenvalue weighted by atomic mass is 32.1. The predicted molar refractivity (Wildman–Crippen MR) is 85.1 cm³/mol. The molecule has 22 heavy (non-hydrogen) atoms. The van der Waals surface area contributed by atoms with Crippen LogP contribution >= 0.6 is 11.3 Å². The quantitative estimate of drug-likeness (QED) is 0.843. The average Bonchev–Trinajstić information content (AvgIpc) is 2.96. The fraction of sp³-hybridized carbons (Fsp3) is 0.625. The number of nitrogens with one attached hydrogen (secondary N) is 1. The monoisotopic (exact) mass is 325 g/mol. The van der Waals surface area contributed by atoms with Crippen molar-refractivity contribution >= 4 is 23.2 Å². The van der Waals surface area contributed by atoms with Crippen molar-refractivity contribution in [2.24, 2.45) is 5.92 Å². The number of carboxylic acid groups (broad SMARTS) is 1. The fourth-order valence-corrected chi connectivity index (χ4v) is 3.85. The molecule has 0 atom stereocenters. The average molecular weight is 325 g/mol. The van der Waals surface area contributed by atoms with Crippen LogP contribution in [0.4, 0.5) is 0 Å². The van der Waals surface area contributed by atoms with E-state index >= 15 is 0 Å². The molecule has 1 amide bonds. The van der Waals surface area contributed by atoms with Crippen LogP contribution in [0.15, 0.2) is 11.4 Å². The summed E-state index contributed by atoms with van der Waals surface area (Å²) in [5.41, 5.74) is -0.329. The highest BCUT2D eigenvalue weighted by Crippen LogP contribution is 2.34. The number of aliphatic carboxylic acids is 1. The van der Waals surface area contributed by atoms with Crippen LogP contribution in [0.2, 0.25) is 0 Å². The molecule has 2 rings (SSSR count). The molecule has 6 heteroatoms. The molecule has 122 valence electrons. The van der Waals surface area contributed by atoms with Crippen LogP contribution in [-0.4, -0.2) is 29.6 Å². The van der Waals surface area contributed by atoms with Gasteiger partial charge >= 0.3 is 5.97 Å². The summed E-state index contributed by atoms with van der Waals surface area (Å²) in [6, 6.07) is 1.84. The maximum Gasteiger partial charge on any atom is 0.329 e. The van der Waals surface area contributed by atoms with E-state index in [1.165, 1.54) is 11.3 Å². The smallest absolute Gasteiger partial charge is 0.329 e. The molecular weight excluding hydrogens is 302 g/mol. The molecule has 0 radical (unpaired) electrons. The van der Waals surface area contributed by atoms with Crippen molar-refractivity contribution in [2.75, 3.05) is 7.11 Å². The number of ether oxygens (including phenoxy) is 1. The minimum absolute atomic E-state index is 0.306. The lowest BCUT2D eigenvalue weighted by atomic mass is 9.75. The van der Waals surface area contributed by atoms with Gasteiger partial charge in [-0.25, -0.2) is 4.79 Å². The second-order valence-electron chi connectivity index (χ2n) is 5.90. The minimum Gasteiger partial charge on any atom is -0.480 e. The first-order valence-electron chi connectivity index (χ1n) is 7.63. The van der Waals surface area contributed by atoms with Gasteiger partial charge in [0, 0.05) is 12.7 Å². The number of carbonyl (C=O) groups excluding carboxylic acids is 1. The van der Waals surface area contributed by atoms with E-state index in [2.05, 4.69) is 12.2 Å². The fourth-order valence-electron chi connectivity index (χ4n) is 3.05. The molecule has 2 N–H and O–H groups in total. The molecular formula is C16H23NO4S. The molecule has 1 aliphatic rings. The molecule has 5 nitrogen and oxygen atoms in total. The molecule has 1 heterocycles. The third kappa shape index (κ3) is 3.50. The Morgan fingerprint density at radius 3 is 2.68 bits per heavy atom. The Morgan fingerprint density at radius 1 is 1.45 bits per heavy atom. The van der Waals surface area contributed by atoms with Gasteiger partial charge in [0.2, 0.25) is 0 Å². The van der Waals surface area contributed by atoms with Gasteiger partial charge in [-0.2, -0.15) is 0 Å². The van der Waals surface area contributed by atoms with Crippen molar-refractivity contribution in [3.63, 3.8) is 0 Å². The van der Waals surface area contributed by atoms with Gasteiger partial charge in [-0.1, -0.05) is 13.3 Å². The number of rotatable bonds is 6. The van der Waals surface area contributed by atoms with E-state index in [9.17, 15) is 14.7 Å². The number of methoxy groups -OCH3 is 1. The zero-order valence-electron chi connectivity index (χ0n) is 13.1. The van der Waals surface area contributed by atoms with Crippen LogP contribution in [0.25, 0.3) is 0 Å². The Kier molecular flexibility index (Phi) is 5.58. The number of carbonyl (C=O) groups is 2. The van der Waals surface area contributed by atoms with E-state index in [1.807, 2.05) is 11.4 Å². The Hall–Kier alpha value is -1.40. The van der Waals surface area contributed by atoms with Crippen molar-refractivity contribution in [1.29, 1.82) is 0 Å². The first-order chi connectivity index (χ1) is 10.5. The van der Waals surface area contributed by atoms with Crippen molar-refractivity contribution < 1.29 is 19.4 Å². The highest BCUT2D eigenvalue weighted by molar-refractivity contribution is 7.12. The van der Waals surface area contributed by atoms with Crippen molar-refractivity contribution in [3.05, 3.63) is 21.9 Å². The Labute approximate surface area is 134 Å². The van der Waals surface area contributed by atoms with Crippen LogP contribution in [0.3, 0.4) is 0 Å².